The number of ether oxygens (including phenoxy) is 1. The van der Waals surface area contributed by atoms with E-state index in [0.29, 0.717) is 36.2 Å². The number of fused-ring (bicyclic) bond motifs is 1. The molecule has 2 aromatic rings. The third kappa shape index (κ3) is 4.94. The van der Waals surface area contributed by atoms with Gasteiger partial charge in [0.15, 0.2) is 0 Å². The van der Waals surface area contributed by atoms with Crippen molar-refractivity contribution in [1.82, 2.24) is 15.5 Å². The summed E-state index contributed by atoms with van der Waals surface area (Å²) in [6.07, 6.45) is 5.63. The Morgan fingerprint density at radius 1 is 1.11 bits per heavy atom. The van der Waals surface area contributed by atoms with Gasteiger partial charge in [0, 0.05) is 30.4 Å². The minimum Gasteiger partial charge on any atom is -0.489 e. The van der Waals surface area contributed by atoms with E-state index in [0.717, 1.165) is 49.1 Å². The molecule has 7 heteroatoms. The molecule has 3 atom stereocenters. The van der Waals surface area contributed by atoms with Crippen LogP contribution >= 0.6 is 0 Å². The molecule has 0 aromatic heterocycles. The number of hydrogen-bond donors (Lipinski definition) is 2. The number of nitriles is 1. The lowest BCUT2D eigenvalue weighted by atomic mass is 9.92. The number of nitrogens with one attached hydrogen (secondary N) is 2. The average molecular weight is 471 g/mol. The molecule has 2 aliphatic heterocycles. The standard InChI is InChI=1S/C28H30N4O3/c1-18-6-13-25(27(33)31-18)32-17-21-14-22(11-12-23(21)28(32)34)35-26-5-3-2-4-24(26)30-16-20-9-7-19(15-29)8-10-20/h7-12,14,24-26,30H,1-6,13,16-17H2,(H,31,33). The summed E-state index contributed by atoms with van der Waals surface area (Å²) >= 11 is 0. The zero-order valence-electron chi connectivity index (χ0n) is 19.8. The zero-order chi connectivity index (χ0) is 24.4. The molecule has 2 N–H and O–H groups in total. The van der Waals surface area contributed by atoms with Crippen molar-refractivity contribution in [2.75, 3.05) is 0 Å². The minimum atomic E-state index is -0.459. The third-order valence-electron chi connectivity index (χ3n) is 7.25. The smallest absolute Gasteiger partial charge is 0.255 e. The lowest BCUT2D eigenvalue weighted by Crippen LogP contribution is -2.49. The Labute approximate surface area is 205 Å². The van der Waals surface area contributed by atoms with E-state index < -0.39 is 6.04 Å². The van der Waals surface area contributed by atoms with Crippen LogP contribution in [0.3, 0.4) is 0 Å². The Morgan fingerprint density at radius 2 is 1.91 bits per heavy atom. The Hall–Kier alpha value is -3.63. The highest BCUT2D eigenvalue weighted by Crippen LogP contribution is 2.32. The highest BCUT2D eigenvalue weighted by atomic mass is 16.5. The van der Waals surface area contributed by atoms with E-state index in [9.17, 15) is 9.59 Å². The average Bonchev–Trinajstić information content (AvgIpc) is 3.19. The quantitative estimate of drug-likeness (QED) is 0.670. The largest absolute Gasteiger partial charge is 0.489 e. The Kier molecular flexibility index (Phi) is 6.56. The van der Waals surface area contributed by atoms with E-state index in [4.69, 9.17) is 10.00 Å². The van der Waals surface area contributed by atoms with Gasteiger partial charge < -0.3 is 20.3 Å². The van der Waals surface area contributed by atoms with E-state index in [2.05, 4.69) is 23.3 Å². The molecule has 2 aromatic carbocycles. The maximum Gasteiger partial charge on any atom is 0.255 e. The van der Waals surface area contributed by atoms with Crippen LogP contribution in [-0.2, 0) is 17.9 Å². The van der Waals surface area contributed by atoms with Gasteiger partial charge in [-0.05, 0) is 73.6 Å². The molecular formula is C28H30N4O3. The van der Waals surface area contributed by atoms with Crippen molar-refractivity contribution in [3.8, 4) is 11.8 Å². The molecule has 2 amide bonds. The maximum absolute atomic E-state index is 13.0. The summed E-state index contributed by atoms with van der Waals surface area (Å²) in [5.74, 6) is 0.507. The van der Waals surface area contributed by atoms with Gasteiger partial charge in [0.1, 0.15) is 17.9 Å². The molecule has 35 heavy (non-hydrogen) atoms. The number of allylic oxidation sites excluding steroid dienone is 1. The van der Waals surface area contributed by atoms with E-state index in [1.54, 1.807) is 4.90 Å². The van der Waals surface area contributed by atoms with Crippen LogP contribution in [0.25, 0.3) is 0 Å². The summed E-state index contributed by atoms with van der Waals surface area (Å²) in [5.41, 5.74) is 4.06. The summed E-state index contributed by atoms with van der Waals surface area (Å²) in [6.45, 7) is 4.97. The fourth-order valence-corrected chi connectivity index (χ4v) is 5.30. The number of nitrogens with zero attached hydrogens (tertiary/aromatic N) is 2. The van der Waals surface area contributed by atoms with Crippen molar-refractivity contribution < 1.29 is 14.3 Å². The monoisotopic (exact) mass is 470 g/mol. The van der Waals surface area contributed by atoms with Crippen molar-refractivity contribution in [3.05, 3.63) is 77.0 Å². The van der Waals surface area contributed by atoms with Gasteiger partial charge in [-0.15, -0.1) is 0 Å². The normalized spacial score (nSPS) is 24.0. The van der Waals surface area contributed by atoms with Gasteiger partial charge in [-0.3, -0.25) is 9.59 Å². The number of rotatable bonds is 6. The molecule has 2 heterocycles. The zero-order valence-corrected chi connectivity index (χ0v) is 19.8. The number of carbonyl (C=O) groups excluding carboxylic acids is 2. The van der Waals surface area contributed by atoms with Gasteiger partial charge in [0.25, 0.3) is 5.91 Å². The van der Waals surface area contributed by atoms with Gasteiger partial charge in [-0.2, -0.15) is 5.26 Å². The molecule has 3 aliphatic rings. The van der Waals surface area contributed by atoms with Crippen LogP contribution < -0.4 is 15.4 Å². The number of amides is 2. The minimum absolute atomic E-state index is 0.0449. The molecule has 7 nitrogen and oxygen atoms in total. The second kappa shape index (κ2) is 9.93. The second-order valence-electron chi connectivity index (χ2n) is 9.64. The fraction of sp³-hybridized carbons (Fsp3) is 0.393. The van der Waals surface area contributed by atoms with E-state index in [1.807, 2.05) is 42.5 Å². The first-order chi connectivity index (χ1) is 17.0. The van der Waals surface area contributed by atoms with Crippen molar-refractivity contribution in [1.29, 1.82) is 5.26 Å². The Balaban J connectivity index is 1.24. The third-order valence-corrected chi connectivity index (χ3v) is 7.25. The highest BCUT2D eigenvalue weighted by Gasteiger charge is 2.38. The summed E-state index contributed by atoms with van der Waals surface area (Å²) in [6, 6.07) is 15.2. The van der Waals surface area contributed by atoms with E-state index >= 15 is 0 Å². The fourth-order valence-electron chi connectivity index (χ4n) is 5.30. The van der Waals surface area contributed by atoms with Gasteiger partial charge in [-0.25, -0.2) is 0 Å². The summed E-state index contributed by atoms with van der Waals surface area (Å²) < 4.78 is 6.44. The maximum atomic E-state index is 13.0. The van der Waals surface area contributed by atoms with Crippen molar-refractivity contribution in [3.63, 3.8) is 0 Å². The second-order valence-corrected chi connectivity index (χ2v) is 9.64. The SMILES string of the molecule is C=C1CCC(N2Cc3cc(OC4CCCCC4NCc4ccc(C#N)cc4)ccc3C2=O)C(=O)N1. The molecule has 180 valence electrons. The number of carbonyl (C=O) groups is 2. The predicted molar refractivity (Wildman–Crippen MR) is 131 cm³/mol. The molecule has 2 fully saturated rings. The first-order valence-electron chi connectivity index (χ1n) is 12.3. The Bertz CT molecular complexity index is 1180. The first kappa shape index (κ1) is 23.1. The van der Waals surface area contributed by atoms with E-state index in [1.165, 1.54) is 0 Å². The topological polar surface area (TPSA) is 94.5 Å². The summed E-state index contributed by atoms with van der Waals surface area (Å²) in [5, 5.41) is 15.4. The number of benzene rings is 2. The van der Waals surface area contributed by atoms with Gasteiger partial charge in [0.2, 0.25) is 5.91 Å². The molecule has 0 bridgehead atoms. The lowest BCUT2D eigenvalue weighted by Gasteiger charge is -2.33. The van der Waals surface area contributed by atoms with Crippen LogP contribution in [0, 0.1) is 11.3 Å². The van der Waals surface area contributed by atoms with Crippen LogP contribution in [0.5, 0.6) is 5.75 Å². The van der Waals surface area contributed by atoms with Crippen LogP contribution in [0.4, 0.5) is 0 Å². The summed E-state index contributed by atoms with van der Waals surface area (Å²) in [4.78, 5) is 27.1. The van der Waals surface area contributed by atoms with Crippen LogP contribution in [0.2, 0.25) is 0 Å². The molecule has 1 saturated heterocycles. The van der Waals surface area contributed by atoms with Gasteiger partial charge in [-0.1, -0.05) is 25.1 Å². The molecular weight excluding hydrogens is 440 g/mol. The molecule has 0 radical (unpaired) electrons. The van der Waals surface area contributed by atoms with Crippen LogP contribution in [-0.4, -0.2) is 34.9 Å². The van der Waals surface area contributed by atoms with Gasteiger partial charge in [0.05, 0.1) is 11.6 Å². The highest BCUT2D eigenvalue weighted by molar-refractivity contribution is 6.01. The lowest BCUT2D eigenvalue weighted by molar-refractivity contribution is -0.126. The predicted octanol–water partition coefficient (Wildman–Crippen LogP) is 3.79. The first-order valence-corrected chi connectivity index (χ1v) is 12.3. The Morgan fingerprint density at radius 3 is 2.69 bits per heavy atom. The van der Waals surface area contributed by atoms with Gasteiger partial charge >= 0.3 is 0 Å². The number of hydrogen-bond acceptors (Lipinski definition) is 5. The van der Waals surface area contributed by atoms with Crippen molar-refractivity contribution >= 4 is 11.8 Å². The summed E-state index contributed by atoms with van der Waals surface area (Å²) in [7, 11) is 0. The molecule has 5 rings (SSSR count). The number of piperidine rings is 1. The van der Waals surface area contributed by atoms with Crippen molar-refractivity contribution in [2.45, 2.75) is 69.8 Å². The molecule has 3 unspecified atom stereocenters. The molecule has 0 spiro atoms. The van der Waals surface area contributed by atoms with Crippen molar-refractivity contribution in [2.24, 2.45) is 0 Å². The molecule has 1 saturated carbocycles. The van der Waals surface area contributed by atoms with Crippen LogP contribution in [0.1, 0.15) is 65.6 Å². The van der Waals surface area contributed by atoms with E-state index in [-0.39, 0.29) is 24.0 Å². The van der Waals surface area contributed by atoms with Crippen LogP contribution in [0.15, 0.2) is 54.7 Å². The molecule has 1 aliphatic carbocycles.